The van der Waals surface area contributed by atoms with Crippen molar-refractivity contribution >= 4 is 11.3 Å². The Morgan fingerprint density at radius 1 is 1.15 bits per heavy atom. The summed E-state index contributed by atoms with van der Waals surface area (Å²) >= 11 is 1.71. The largest absolute Gasteiger partial charge is 0.382 e. The van der Waals surface area contributed by atoms with Crippen LogP contribution >= 0.6 is 11.3 Å². The van der Waals surface area contributed by atoms with Crippen LogP contribution in [0.3, 0.4) is 0 Å². The highest BCUT2D eigenvalue weighted by Gasteiger charge is 2.27. The molecule has 1 saturated heterocycles. The molecule has 6 nitrogen and oxygen atoms in total. The van der Waals surface area contributed by atoms with Crippen LogP contribution in [0.25, 0.3) is 21.8 Å². The van der Waals surface area contributed by atoms with E-state index in [-0.39, 0.29) is 0 Å². The number of fused-ring (bicyclic) bond motifs is 3. The zero-order chi connectivity index (χ0) is 22.6. The van der Waals surface area contributed by atoms with E-state index in [1.165, 1.54) is 22.3 Å². The summed E-state index contributed by atoms with van der Waals surface area (Å²) in [5, 5.41) is 10.1. The Balaban J connectivity index is 1.30. The smallest absolute Gasteiger partial charge is 0.108 e. The van der Waals surface area contributed by atoms with Crippen LogP contribution in [-0.2, 0) is 22.4 Å². The number of nitrogens with zero attached hydrogens (tertiary/aromatic N) is 3. The summed E-state index contributed by atoms with van der Waals surface area (Å²) in [7, 11) is 3.87. The summed E-state index contributed by atoms with van der Waals surface area (Å²) < 4.78 is 10.5. The maximum atomic E-state index is 5.47. The minimum atomic E-state index is 0.404. The topological polar surface area (TPSA) is 53.6 Å². The predicted molar refractivity (Wildman–Crippen MR) is 132 cm³/mol. The van der Waals surface area contributed by atoms with E-state index in [0.717, 1.165) is 61.0 Å². The van der Waals surface area contributed by atoms with Crippen LogP contribution in [0.5, 0.6) is 0 Å². The zero-order valence-electron chi connectivity index (χ0n) is 19.3. The van der Waals surface area contributed by atoms with Crippen LogP contribution < -0.4 is 0 Å². The average Bonchev–Trinajstić information content (AvgIpc) is 3.52. The van der Waals surface area contributed by atoms with Gasteiger partial charge in [0.05, 0.1) is 29.5 Å². The molecule has 1 N–H and O–H groups in total. The highest BCUT2D eigenvalue weighted by molar-refractivity contribution is 7.13. The van der Waals surface area contributed by atoms with Crippen LogP contribution in [0.1, 0.15) is 22.3 Å². The van der Waals surface area contributed by atoms with E-state index in [1.54, 1.807) is 18.4 Å². The maximum Gasteiger partial charge on any atom is 0.108 e. The highest BCUT2D eigenvalue weighted by atomic mass is 32.1. The van der Waals surface area contributed by atoms with Crippen LogP contribution in [0.4, 0.5) is 0 Å². The number of aromatic nitrogens is 2. The van der Waals surface area contributed by atoms with Gasteiger partial charge in [0.2, 0.25) is 0 Å². The molecule has 172 valence electrons. The monoisotopic (exact) mass is 462 g/mol. The Hall–Kier alpha value is -2.47. The van der Waals surface area contributed by atoms with Crippen LogP contribution in [0.15, 0.2) is 29.6 Å². The van der Waals surface area contributed by atoms with Crippen LogP contribution in [-0.4, -0.2) is 80.2 Å². The fraction of sp³-hybridized carbons (Fsp3) is 0.423. The lowest BCUT2D eigenvalue weighted by molar-refractivity contribution is 0.0877. The molecule has 1 fully saturated rings. The normalized spacial score (nSPS) is 15.8. The van der Waals surface area contributed by atoms with Crippen LogP contribution in [0, 0.1) is 11.8 Å². The van der Waals surface area contributed by atoms with E-state index in [0.29, 0.717) is 19.8 Å². The molecule has 1 aliphatic heterocycles. The average molecular weight is 463 g/mol. The molecule has 2 aliphatic rings. The van der Waals surface area contributed by atoms with Crippen molar-refractivity contribution in [3.63, 3.8) is 0 Å². The minimum absolute atomic E-state index is 0.404. The van der Waals surface area contributed by atoms with Gasteiger partial charge in [0.1, 0.15) is 6.61 Å². The van der Waals surface area contributed by atoms with Crippen molar-refractivity contribution < 1.29 is 9.47 Å². The van der Waals surface area contributed by atoms with Gasteiger partial charge >= 0.3 is 0 Å². The summed E-state index contributed by atoms with van der Waals surface area (Å²) in [5.41, 5.74) is 8.51. The third-order valence-electron chi connectivity index (χ3n) is 6.38. The molecule has 2 aromatic heterocycles. The molecule has 0 radical (unpaired) electrons. The number of H-pyrrole nitrogens is 1. The quantitative estimate of drug-likeness (QED) is 0.337. The summed E-state index contributed by atoms with van der Waals surface area (Å²) in [5.74, 6) is 6.39. The molecule has 1 aliphatic carbocycles. The predicted octanol–water partition coefficient (Wildman–Crippen LogP) is 3.47. The Kier molecular flexibility index (Phi) is 6.91. The fourth-order valence-electron chi connectivity index (χ4n) is 4.52. The van der Waals surface area contributed by atoms with Gasteiger partial charge in [-0.2, -0.15) is 5.10 Å². The number of hydrogen-bond acceptors (Lipinski definition) is 6. The molecule has 3 heterocycles. The van der Waals surface area contributed by atoms with Gasteiger partial charge in [0.25, 0.3) is 0 Å². The second-order valence-electron chi connectivity index (χ2n) is 8.68. The van der Waals surface area contributed by atoms with Gasteiger partial charge < -0.3 is 14.4 Å². The van der Waals surface area contributed by atoms with Gasteiger partial charge in [-0.1, -0.05) is 30.0 Å². The molecule has 0 unspecified atom stereocenters. The summed E-state index contributed by atoms with van der Waals surface area (Å²) in [4.78, 5) is 6.10. The van der Waals surface area contributed by atoms with E-state index in [2.05, 4.69) is 63.4 Å². The molecular weight excluding hydrogens is 432 g/mol. The molecule has 33 heavy (non-hydrogen) atoms. The van der Waals surface area contributed by atoms with E-state index >= 15 is 0 Å². The molecular formula is C26H30N4O2S. The Bertz CT molecular complexity index is 1160. The number of aromatic amines is 1. The third kappa shape index (κ3) is 4.91. The zero-order valence-corrected chi connectivity index (χ0v) is 20.1. The van der Waals surface area contributed by atoms with Crippen molar-refractivity contribution in [2.45, 2.75) is 13.0 Å². The van der Waals surface area contributed by atoms with Gasteiger partial charge in [-0.05, 0) is 29.6 Å². The van der Waals surface area contributed by atoms with Crippen molar-refractivity contribution in [3.05, 3.63) is 51.9 Å². The van der Waals surface area contributed by atoms with E-state index in [1.807, 2.05) is 0 Å². The third-order valence-corrected chi connectivity index (χ3v) is 7.31. The first kappa shape index (κ1) is 22.3. The van der Waals surface area contributed by atoms with E-state index in [9.17, 15) is 0 Å². The maximum absolute atomic E-state index is 5.47. The fourth-order valence-corrected chi connectivity index (χ4v) is 5.40. The highest BCUT2D eigenvalue weighted by Crippen LogP contribution is 2.42. The number of nitrogens with one attached hydrogen (secondary N) is 1. The van der Waals surface area contributed by atoms with E-state index < -0.39 is 0 Å². The number of likely N-dealkylation sites (N-methyl/N-ethyl adjacent to an activating group) is 1. The number of thiophene rings is 1. The van der Waals surface area contributed by atoms with Gasteiger partial charge in [-0.3, -0.25) is 10.00 Å². The number of benzene rings is 1. The first-order valence-electron chi connectivity index (χ1n) is 11.5. The van der Waals surface area contributed by atoms with Crippen molar-refractivity contribution in [1.29, 1.82) is 0 Å². The van der Waals surface area contributed by atoms with Gasteiger partial charge in [0, 0.05) is 62.9 Å². The number of ether oxygens (including phenoxy) is 2. The first-order chi connectivity index (χ1) is 16.2. The lowest BCUT2D eigenvalue weighted by Crippen LogP contribution is -2.43. The molecule has 0 bridgehead atoms. The standard InChI is InChI=1S/C26H30N4O2S/c1-29-8-10-30(11-9-29)18-19-5-6-22-21(16-19)17-23-24(22)27-28-25(23)26-20(7-15-33-26)4-3-12-32-14-13-31-2/h5-7,15-16H,8-14,17-18H2,1-2H3,(H,27,28). The SMILES string of the molecule is COCCOCC#Cc1ccsc1-c1[nH]nc2c1Cc1cc(CN3CCN(C)CC3)ccc1-2. The molecule has 5 rings (SSSR count). The van der Waals surface area contributed by atoms with Crippen LogP contribution in [0.2, 0.25) is 0 Å². The van der Waals surface area contributed by atoms with Crippen molar-refractivity contribution in [2.24, 2.45) is 0 Å². The molecule has 7 heteroatoms. The van der Waals surface area contributed by atoms with Gasteiger partial charge in [-0.25, -0.2) is 0 Å². The van der Waals surface area contributed by atoms with Gasteiger partial charge in [-0.15, -0.1) is 11.3 Å². The van der Waals surface area contributed by atoms with E-state index in [4.69, 9.17) is 14.6 Å². The van der Waals surface area contributed by atoms with Gasteiger partial charge in [0.15, 0.2) is 0 Å². The van der Waals surface area contributed by atoms with Crippen molar-refractivity contribution in [2.75, 3.05) is 60.2 Å². The van der Waals surface area contributed by atoms with Crippen molar-refractivity contribution in [3.8, 4) is 33.7 Å². The minimum Gasteiger partial charge on any atom is -0.382 e. The Labute approximate surface area is 199 Å². The number of piperazine rings is 1. The molecule has 0 amide bonds. The Morgan fingerprint density at radius 3 is 2.88 bits per heavy atom. The molecule has 0 atom stereocenters. The molecule has 0 spiro atoms. The number of hydrogen-bond donors (Lipinski definition) is 1. The Morgan fingerprint density at radius 2 is 2.03 bits per heavy atom. The molecule has 1 aromatic carbocycles. The summed E-state index contributed by atoms with van der Waals surface area (Å²) in [6, 6.07) is 8.98. The van der Waals surface area contributed by atoms with Crippen molar-refractivity contribution in [1.82, 2.24) is 20.0 Å². The number of methoxy groups -OCH3 is 1. The lowest BCUT2D eigenvalue weighted by Gasteiger charge is -2.32. The molecule has 3 aromatic rings. The summed E-state index contributed by atoms with van der Waals surface area (Å²) in [6.45, 7) is 7.15. The summed E-state index contributed by atoms with van der Waals surface area (Å²) in [6.07, 6.45) is 0.915. The second kappa shape index (κ2) is 10.2. The lowest BCUT2D eigenvalue weighted by atomic mass is 10.0. The second-order valence-corrected chi connectivity index (χ2v) is 9.60. The first-order valence-corrected chi connectivity index (χ1v) is 12.3. The molecule has 0 saturated carbocycles. The number of rotatable bonds is 7.